The van der Waals surface area contributed by atoms with Gasteiger partial charge in [-0.1, -0.05) is 48.6 Å². The Morgan fingerprint density at radius 1 is 1.27 bits per heavy atom. The molecule has 1 unspecified atom stereocenters. The summed E-state index contributed by atoms with van der Waals surface area (Å²) in [4.78, 5) is 12.5. The van der Waals surface area contributed by atoms with Gasteiger partial charge in [0.05, 0.1) is 13.2 Å². The van der Waals surface area contributed by atoms with E-state index in [1.807, 2.05) is 30.3 Å². The first-order valence-electron chi connectivity index (χ1n) is 8.07. The number of carbonyl (C=O) groups excluding carboxylic acids is 1. The number of aliphatic hydroxyl groups is 1. The fourth-order valence-electron chi connectivity index (χ4n) is 2.48. The highest BCUT2D eigenvalue weighted by molar-refractivity contribution is 6.10. The van der Waals surface area contributed by atoms with Crippen LogP contribution in [0.3, 0.4) is 0 Å². The normalized spacial score (nSPS) is 12.1. The molecule has 0 heterocycles. The number of allylic oxidation sites excluding steroid dienone is 1. The van der Waals surface area contributed by atoms with Crippen molar-refractivity contribution in [1.82, 2.24) is 0 Å². The topological polar surface area (TPSA) is 87.0 Å². The number of phenols is 2. The minimum absolute atomic E-state index is 0.00724. The number of methoxy groups -OCH3 is 1. The lowest BCUT2D eigenvalue weighted by Gasteiger charge is -2.17. The van der Waals surface area contributed by atoms with Gasteiger partial charge in [-0.2, -0.15) is 0 Å². The van der Waals surface area contributed by atoms with Crippen molar-refractivity contribution in [3.63, 3.8) is 0 Å². The van der Waals surface area contributed by atoms with Gasteiger partial charge < -0.3 is 20.1 Å². The van der Waals surface area contributed by atoms with Gasteiger partial charge in [-0.3, -0.25) is 4.79 Å². The quantitative estimate of drug-likeness (QED) is 0.402. The molecule has 0 aliphatic rings. The fourth-order valence-corrected chi connectivity index (χ4v) is 2.48. The van der Waals surface area contributed by atoms with Gasteiger partial charge in [0.2, 0.25) is 0 Å². The molecule has 136 valence electrons. The van der Waals surface area contributed by atoms with Crippen molar-refractivity contribution in [2.75, 3.05) is 7.11 Å². The van der Waals surface area contributed by atoms with Crippen molar-refractivity contribution >= 4 is 11.9 Å². The highest BCUT2D eigenvalue weighted by atomic mass is 16.5. The molecule has 2 rings (SSSR count). The minimum atomic E-state index is -0.915. The van der Waals surface area contributed by atoms with Crippen molar-refractivity contribution < 1.29 is 24.9 Å². The maximum absolute atomic E-state index is 12.5. The SMILES string of the molecule is C=C(C)C(O)Cc1c(OC)cc(O)c(C(=O)C=Cc2ccccc2)c1O. The third kappa shape index (κ3) is 4.32. The number of aromatic hydroxyl groups is 2. The van der Waals surface area contributed by atoms with E-state index in [-0.39, 0.29) is 23.3 Å². The van der Waals surface area contributed by atoms with Crippen LogP contribution in [0.25, 0.3) is 6.08 Å². The van der Waals surface area contributed by atoms with Crippen molar-refractivity contribution in [2.45, 2.75) is 19.4 Å². The number of phenolic OH excluding ortho intramolecular Hbond substituents is 2. The molecule has 0 fully saturated rings. The molecule has 0 aromatic heterocycles. The molecule has 0 spiro atoms. The zero-order chi connectivity index (χ0) is 19.3. The maximum atomic E-state index is 12.5. The number of ketones is 1. The van der Waals surface area contributed by atoms with Crippen LogP contribution in [0, 0.1) is 0 Å². The molecule has 2 aromatic rings. The summed E-state index contributed by atoms with van der Waals surface area (Å²) in [6, 6.07) is 10.4. The third-order valence-corrected chi connectivity index (χ3v) is 4.00. The van der Waals surface area contributed by atoms with Crippen molar-refractivity contribution in [1.29, 1.82) is 0 Å². The lowest BCUT2D eigenvalue weighted by molar-refractivity contribution is 0.104. The second-order valence-corrected chi connectivity index (χ2v) is 5.97. The molecule has 26 heavy (non-hydrogen) atoms. The third-order valence-electron chi connectivity index (χ3n) is 4.00. The molecule has 0 aliphatic heterocycles. The molecular weight excluding hydrogens is 332 g/mol. The number of hydrogen-bond donors (Lipinski definition) is 3. The predicted octanol–water partition coefficient (Wildman–Crippen LogP) is 3.48. The molecule has 3 N–H and O–H groups in total. The van der Waals surface area contributed by atoms with Crippen molar-refractivity contribution in [3.05, 3.63) is 71.3 Å². The predicted molar refractivity (Wildman–Crippen MR) is 101 cm³/mol. The van der Waals surface area contributed by atoms with E-state index in [9.17, 15) is 20.1 Å². The van der Waals surface area contributed by atoms with Crippen LogP contribution < -0.4 is 4.74 Å². The van der Waals surface area contributed by atoms with Gasteiger partial charge >= 0.3 is 0 Å². The van der Waals surface area contributed by atoms with Gasteiger partial charge in [-0.25, -0.2) is 0 Å². The van der Waals surface area contributed by atoms with Crippen LogP contribution >= 0.6 is 0 Å². The van der Waals surface area contributed by atoms with Crippen molar-refractivity contribution in [2.24, 2.45) is 0 Å². The number of benzene rings is 2. The summed E-state index contributed by atoms with van der Waals surface area (Å²) >= 11 is 0. The smallest absolute Gasteiger partial charge is 0.193 e. The number of rotatable bonds is 7. The molecule has 0 bridgehead atoms. The minimum Gasteiger partial charge on any atom is -0.507 e. The molecule has 5 nitrogen and oxygen atoms in total. The molecule has 0 radical (unpaired) electrons. The molecule has 0 aliphatic carbocycles. The van der Waals surface area contributed by atoms with Crippen LogP contribution in [0.5, 0.6) is 17.2 Å². The Hall–Kier alpha value is -3.05. The Balaban J connectivity index is 2.43. The number of ether oxygens (including phenoxy) is 1. The Morgan fingerprint density at radius 3 is 2.50 bits per heavy atom. The van der Waals surface area contributed by atoms with Gasteiger partial charge in [0, 0.05) is 18.1 Å². The summed E-state index contributed by atoms with van der Waals surface area (Å²) in [6.45, 7) is 5.33. The standard InChI is InChI=1S/C21H22O5/c1-13(2)17(23)11-15-19(26-3)12-18(24)20(21(15)25)16(22)10-9-14-7-5-4-6-8-14/h4-10,12,17,23-25H,1,11H2,2-3H3. The van der Waals surface area contributed by atoms with Gasteiger partial charge in [-0.05, 0) is 18.6 Å². The first-order chi connectivity index (χ1) is 12.3. The van der Waals surface area contributed by atoms with E-state index in [1.54, 1.807) is 13.0 Å². The van der Waals surface area contributed by atoms with Crippen LogP contribution in [0.2, 0.25) is 0 Å². The van der Waals surface area contributed by atoms with E-state index in [0.717, 1.165) is 5.56 Å². The zero-order valence-corrected chi connectivity index (χ0v) is 14.8. The largest absolute Gasteiger partial charge is 0.507 e. The lowest BCUT2D eigenvalue weighted by Crippen LogP contribution is -2.13. The molecule has 2 aromatic carbocycles. The summed E-state index contributed by atoms with van der Waals surface area (Å²) in [7, 11) is 1.38. The Morgan fingerprint density at radius 2 is 1.92 bits per heavy atom. The monoisotopic (exact) mass is 354 g/mol. The second-order valence-electron chi connectivity index (χ2n) is 5.97. The lowest BCUT2D eigenvalue weighted by atomic mass is 9.96. The number of hydrogen-bond acceptors (Lipinski definition) is 5. The molecule has 0 saturated carbocycles. The highest BCUT2D eigenvalue weighted by Crippen LogP contribution is 2.39. The summed E-state index contributed by atoms with van der Waals surface area (Å²) in [5.41, 5.74) is 1.32. The maximum Gasteiger partial charge on any atom is 0.193 e. The van der Waals surface area contributed by atoms with Crippen molar-refractivity contribution in [3.8, 4) is 17.2 Å². The van der Waals surface area contributed by atoms with Gasteiger partial charge in [0.25, 0.3) is 0 Å². The van der Waals surface area contributed by atoms with E-state index in [2.05, 4.69) is 6.58 Å². The van der Waals surface area contributed by atoms with Crippen LogP contribution in [0.1, 0.15) is 28.4 Å². The average molecular weight is 354 g/mol. The summed E-state index contributed by atoms with van der Waals surface area (Å²) in [6.07, 6.45) is 1.96. The summed E-state index contributed by atoms with van der Waals surface area (Å²) in [5, 5.41) is 30.8. The molecular formula is C21H22O5. The van der Waals surface area contributed by atoms with Crippen LogP contribution in [0.4, 0.5) is 0 Å². The van der Waals surface area contributed by atoms with E-state index in [1.165, 1.54) is 19.3 Å². The summed E-state index contributed by atoms with van der Waals surface area (Å²) in [5.74, 6) is -1.18. The van der Waals surface area contributed by atoms with Gasteiger partial charge in [0.1, 0.15) is 22.8 Å². The number of aliphatic hydroxyl groups excluding tert-OH is 1. The Labute approximate surface area is 152 Å². The van der Waals surface area contributed by atoms with Crippen LogP contribution in [-0.2, 0) is 6.42 Å². The van der Waals surface area contributed by atoms with E-state index in [4.69, 9.17) is 4.74 Å². The Bertz CT molecular complexity index is 837. The summed E-state index contributed by atoms with van der Waals surface area (Å²) < 4.78 is 5.16. The van der Waals surface area contributed by atoms with E-state index < -0.39 is 23.4 Å². The van der Waals surface area contributed by atoms with Crippen LogP contribution in [-0.4, -0.2) is 34.3 Å². The first-order valence-corrected chi connectivity index (χ1v) is 8.07. The second kappa shape index (κ2) is 8.36. The number of carbonyl (C=O) groups is 1. The Kier molecular flexibility index (Phi) is 6.20. The highest BCUT2D eigenvalue weighted by Gasteiger charge is 2.23. The van der Waals surface area contributed by atoms with Gasteiger partial charge in [0.15, 0.2) is 5.78 Å². The van der Waals surface area contributed by atoms with Gasteiger partial charge in [-0.15, -0.1) is 0 Å². The zero-order valence-electron chi connectivity index (χ0n) is 14.8. The molecule has 5 heteroatoms. The van der Waals surface area contributed by atoms with E-state index >= 15 is 0 Å². The molecule has 1 atom stereocenters. The molecule has 0 amide bonds. The van der Waals surface area contributed by atoms with Crippen LogP contribution in [0.15, 0.2) is 54.6 Å². The average Bonchev–Trinajstić information content (AvgIpc) is 2.62. The first kappa shape index (κ1) is 19.3. The molecule has 0 saturated heterocycles. The fraction of sp³-hybridized carbons (Fsp3) is 0.190. The van der Waals surface area contributed by atoms with E-state index in [0.29, 0.717) is 5.57 Å².